The number of aromatic nitrogens is 1. The van der Waals surface area contributed by atoms with Crippen LogP contribution >= 0.6 is 11.3 Å². The second-order valence-electron chi connectivity index (χ2n) is 7.12. The molecule has 0 unspecified atom stereocenters. The molecule has 144 valence electrons. The van der Waals surface area contributed by atoms with Gasteiger partial charge in [-0.15, -0.1) is 11.3 Å². The van der Waals surface area contributed by atoms with Crippen LogP contribution in [0.5, 0.6) is 11.5 Å². The molecule has 1 saturated carbocycles. The highest BCUT2D eigenvalue weighted by atomic mass is 32.1. The molecule has 1 fully saturated rings. The molecule has 1 N–H and O–H groups in total. The summed E-state index contributed by atoms with van der Waals surface area (Å²) in [6.07, 6.45) is 5.29. The fourth-order valence-corrected chi connectivity index (χ4v) is 4.75. The Morgan fingerprint density at radius 1 is 1.11 bits per heavy atom. The third-order valence-electron chi connectivity index (χ3n) is 5.48. The number of amides is 1. The van der Waals surface area contributed by atoms with Crippen LogP contribution in [0.15, 0.2) is 46.4 Å². The maximum Gasteiger partial charge on any atom is 0.236 e. The third kappa shape index (κ3) is 2.96. The van der Waals surface area contributed by atoms with Gasteiger partial charge in [-0.25, -0.2) is 4.98 Å². The summed E-state index contributed by atoms with van der Waals surface area (Å²) < 4.78 is 16.7. The van der Waals surface area contributed by atoms with Gasteiger partial charge in [0.25, 0.3) is 0 Å². The van der Waals surface area contributed by atoms with Crippen LogP contribution < -0.4 is 14.8 Å². The van der Waals surface area contributed by atoms with E-state index in [-0.39, 0.29) is 5.91 Å². The molecule has 3 heterocycles. The molecule has 0 radical (unpaired) electrons. The number of nitrogens with zero attached hydrogens (tertiary/aromatic N) is 1. The molecule has 28 heavy (non-hydrogen) atoms. The average Bonchev–Trinajstić information content (AvgIpc) is 3.48. The lowest BCUT2D eigenvalue weighted by molar-refractivity contribution is -0.121. The quantitative estimate of drug-likeness (QED) is 0.696. The molecule has 7 heteroatoms. The minimum atomic E-state index is -0.563. The lowest BCUT2D eigenvalue weighted by Crippen LogP contribution is -2.38. The molecule has 3 aromatic rings. The van der Waals surface area contributed by atoms with Crippen molar-refractivity contribution in [1.82, 2.24) is 4.98 Å². The van der Waals surface area contributed by atoms with Gasteiger partial charge in [0.2, 0.25) is 5.91 Å². The van der Waals surface area contributed by atoms with Crippen molar-refractivity contribution in [2.75, 3.05) is 18.5 Å². The van der Waals surface area contributed by atoms with E-state index in [0.29, 0.717) is 24.1 Å². The molecule has 1 aliphatic heterocycles. The lowest BCUT2D eigenvalue weighted by Gasteiger charge is -2.29. The Morgan fingerprint density at radius 3 is 2.71 bits per heavy atom. The van der Waals surface area contributed by atoms with Gasteiger partial charge in [0, 0.05) is 5.38 Å². The fraction of sp³-hybridized carbons (Fsp3) is 0.333. The van der Waals surface area contributed by atoms with E-state index in [1.54, 1.807) is 6.26 Å². The van der Waals surface area contributed by atoms with Gasteiger partial charge in [-0.2, -0.15) is 0 Å². The molecular formula is C21H20N2O4S. The van der Waals surface area contributed by atoms with Crippen LogP contribution in [0, 0.1) is 0 Å². The minimum absolute atomic E-state index is 0.0120. The lowest BCUT2D eigenvalue weighted by atomic mass is 9.78. The van der Waals surface area contributed by atoms with Crippen molar-refractivity contribution < 1.29 is 18.7 Å². The molecule has 0 spiro atoms. The van der Waals surface area contributed by atoms with Crippen LogP contribution in [0.1, 0.15) is 31.2 Å². The van der Waals surface area contributed by atoms with Gasteiger partial charge >= 0.3 is 0 Å². The summed E-state index contributed by atoms with van der Waals surface area (Å²) in [4.78, 5) is 17.9. The number of carbonyl (C=O) groups is 1. The number of thiazole rings is 1. The van der Waals surface area contributed by atoms with Crippen molar-refractivity contribution in [2.24, 2.45) is 0 Å². The highest BCUT2D eigenvalue weighted by molar-refractivity contribution is 7.14. The van der Waals surface area contributed by atoms with Crippen molar-refractivity contribution in [3.63, 3.8) is 0 Å². The van der Waals surface area contributed by atoms with E-state index in [2.05, 4.69) is 10.3 Å². The zero-order chi connectivity index (χ0) is 19.0. The molecule has 1 amide bonds. The van der Waals surface area contributed by atoms with Crippen LogP contribution in [0.2, 0.25) is 0 Å². The number of fused-ring (bicyclic) bond motifs is 1. The maximum atomic E-state index is 13.4. The number of carbonyl (C=O) groups excluding carboxylic acids is 1. The highest BCUT2D eigenvalue weighted by Crippen LogP contribution is 2.45. The molecule has 1 aromatic carbocycles. The molecule has 0 saturated heterocycles. The van der Waals surface area contributed by atoms with Crippen LogP contribution in [-0.4, -0.2) is 24.1 Å². The largest absolute Gasteiger partial charge is 0.486 e. The molecular weight excluding hydrogens is 376 g/mol. The Morgan fingerprint density at radius 2 is 1.93 bits per heavy atom. The Balaban J connectivity index is 1.42. The zero-order valence-electron chi connectivity index (χ0n) is 15.3. The second-order valence-corrected chi connectivity index (χ2v) is 7.98. The van der Waals surface area contributed by atoms with E-state index in [1.807, 2.05) is 35.7 Å². The van der Waals surface area contributed by atoms with Crippen molar-refractivity contribution in [3.05, 3.63) is 47.5 Å². The first-order valence-electron chi connectivity index (χ1n) is 9.46. The first-order chi connectivity index (χ1) is 13.7. The molecule has 1 aliphatic carbocycles. The Bertz CT molecular complexity index is 990. The summed E-state index contributed by atoms with van der Waals surface area (Å²) in [6, 6.07) is 9.55. The number of ether oxygens (including phenoxy) is 2. The number of benzene rings is 1. The molecule has 2 aromatic heterocycles. The van der Waals surface area contributed by atoms with Gasteiger partial charge in [0.15, 0.2) is 22.4 Å². The Labute approximate surface area is 166 Å². The topological polar surface area (TPSA) is 73.6 Å². The normalized spacial score (nSPS) is 17.4. The SMILES string of the molecule is O=C(Nc1nc(-c2ccco2)cs1)C1(c2ccc3c(c2)OCCO3)CCCC1. The van der Waals surface area contributed by atoms with E-state index < -0.39 is 5.41 Å². The molecule has 2 aliphatic rings. The monoisotopic (exact) mass is 396 g/mol. The van der Waals surface area contributed by atoms with Crippen LogP contribution in [-0.2, 0) is 10.2 Å². The summed E-state index contributed by atoms with van der Waals surface area (Å²) in [5, 5.41) is 5.51. The summed E-state index contributed by atoms with van der Waals surface area (Å²) in [5.74, 6) is 2.14. The van der Waals surface area contributed by atoms with Gasteiger partial charge in [-0.3, -0.25) is 4.79 Å². The second kappa shape index (κ2) is 6.98. The van der Waals surface area contributed by atoms with Gasteiger partial charge in [-0.1, -0.05) is 18.9 Å². The number of hydrogen-bond acceptors (Lipinski definition) is 6. The van der Waals surface area contributed by atoms with Crippen molar-refractivity contribution in [2.45, 2.75) is 31.1 Å². The van der Waals surface area contributed by atoms with Crippen LogP contribution in [0.25, 0.3) is 11.5 Å². The minimum Gasteiger partial charge on any atom is -0.486 e. The molecule has 0 bridgehead atoms. The van der Waals surface area contributed by atoms with Crippen molar-refractivity contribution in [1.29, 1.82) is 0 Å². The van der Waals surface area contributed by atoms with E-state index in [1.165, 1.54) is 11.3 Å². The number of hydrogen-bond donors (Lipinski definition) is 1. The number of furan rings is 1. The first kappa shape index (κ1) is 17.3. The van der Waals surface area contributed by atoms with E-state index >= 15 is 0 Å². The highest BCUT2D eigenvalue weighted by Gasteiger charge is 2.43. The van der Waals surface area contributed by atoms with E-state index in [0.717, 1.165) is 48.4 Å². The standard InChI is InChI=1S/C21H20N2O4S/c24-19(23-20-22-15(13-28-20)16-4-3-9-25-16)21(7-1-2-8-21)14-5-6-17-18(12-14)27-11-10-26-17/h3-6,9,12-13H,1-2,7-8,10-11H2,(H,22,23,24). The van der Waals surface area contributed by atoms with Crippen LogP contribution in [0.4, 0.5) is 5.13 Å². The number of anilines is 1. The van der Waals surface area contributed by atoms with Crippen molar-refractivity contribution >= 4 is 22.4 Å². The summed E-state index contributed by atoms with van der Waals surface area (Å²) >= 11 is 1.40. The zero-order valence-corrected chi connectivity index (χ0v) is 16.1. The first-order valence-corrected chi connectivity index (χ1v) is 10.3. The number of nitrogens with one attached hydrogen (secondary N) is 1. The van der Waals surface area contributed by atoms with E-state index in [4.69, 9.17) is 13.9 Å². The summed E-state index contributed by atoms with van der Waals surface area (Å²) in [7, 11) is 0. The van der Waals surface area contributed by atoms with Gasteiger partial charge in [0.05, 0.1) is 11.7 Å². The Hall–Kier alpha value is -2.80. The molecule has 5 rings (SSSR count). The molecule has 0 atom stereocenters. The predicted octanol–water partition coefficient (Wildman–Crippen LogP) is 4.62. The maximum absolute atomic E-state index is 13.4. The smallest absolute Gasteiger partial charge is 0.236 e. The van der Waals surface area contributed by atoms with Gasteiger partial charge in [0.1, 0.15) is 18.9 Å². The van der Waals surface area contributed by atoms with E-state index in [9.17, 15) is 4.79 Å². The number of rotatable bonds is 4. The summed E-state index contributed by atoms with van der Waals surface area (Å²) in [5.41, 5.74) is 1.14. The van der Waals surface area contributed by atoms with Crippen molar-refractivity contribution in [3.8, 4) is 23.0 Å². The van der Waals surface area contributed by atoms with Gasteiger partial charge in [-0.05, 0) is 42.7 Å². The third-order valence-corrected chi connectivity index (χ3v) is 6.24. The van der Waals surface area contributed by atoms with Gasteiger partial charge < -0.3 is 19.2 Å². The Kier molecular flexibility index (Phi) is 4.31. The summed E-state index contributed by atoms with van der Waals surface area (Å²) in [6.45, 7) is 1.09. The van der Waals surface area contributed by atoms with Crippen LogP contribution in [0.3, 0.4) is 0 Å². The molecule has 6 nitrogen and oxygen atoms in total. The fourth-order valence-electron chi connectivity index (χ4n) is 4.05. The average molecular weight is 396 g/mol. The predicted molar refractivity (Wildman–Crippen MR) is 106 cm³/mol.